The molecule has 0 aliphatic rings. The third-order valence-electron chi connectivity index (χ3n) is 2.33. The van der Waals surface area contributed by atoms with E-state index in [0.29, 0.717) is 6.54 Å². The highest BCUT2D eigenvalue weighted by Gasteiger charge is 2.18. The number of anilines is 1. The molecule has 0 bridgehead atoms. The number of hydrogen-bond acceptors (Lipinski definition) is 3. The summed E-state index contributed by atoms with van der Waals surface area (Å²) in [6.07, 6.45) is 0. The number of nitrogens with zero attached hydrogens (tertiary/aromatic N) is 2. The Bertz CT molecular complexity index is 368. The molecular weight excluding hydrogens is 222 g/mol. The van der Waals surface area contributed by atoms with Crippen LogP contribution in [0.3, 0.4) is 0 Å². The van der Waals surface area contributed by atoms with E-state index in [9.17, 15) is 4.79 Å². The number of aromatic nitrogens is 1. The molecule has 0 aliphatic carbocycles. The van der Waals surface area contributed by atoms with E-state index in [0.717, 1.165) is 10.7 Å². The first kappa shape index (κ1) is 13.0. The van der Waals surface area contributed by atoms with E-state index in [2.05, 4.69) is 30.5 Å². The molecule has 5 heteroatoms. The Morgan fingerprint density at radius 2 is 2.19 bits per heavy atom. The van der Waals surface area contributed by atoms with E-state index < -0.39 is 0 Å². The molecule has 0 unspecified atom stereocenters. The Balaban J connectivity index is 2.70. The lowest BCUT2D eigenvalue weighted by Crippen LogP contribution is -2.30. The van der Waals surface area contributed by atoms with Crippen molar-refractivity contribution in [2.24, 2.45) is 0 Å². The standard InChI is InChI=1S/C11H19N3OS/c1-6-14(5)10(15)12-9-7-8(13-16-9)11(2,3)4/h7H,6H2,1-5H3,(H,12,15). The van der Waals surface area contributed by atoms with Crippen LogP contribution in [-0.4, -0.2) is 28.9 Å². The first-order chi connectivity index (χ1) is 7.34. The normalized spacial score (nSPS) is 11.3. The zero-order valence-electron chi connectivity index (χ0n) is 10.5. The number of carbonyl (C=O) groups is 1. The van der Waals surface area contributed by atoms with Crippen LogP contribution in [0.2, 0.25) is 0 Å². The van der Waals surface area contributed by atoms with Gasteiger partial charge in [0.2, 0.25) is 0 Å². The van der Waals surface area contributed by atoms with Crippen LogP contribution in [0.1, 0.15) is 33.4 Å². The third kappa shape index (κ3) is 3.20. The van der Waals surface area contributed by atoms with Crippen molar-refractivity contribution >= 4 is 22.6 Å². The molecule has 1 aromatic heterocycles. The van der Waals surface area contributed by atoms with Crippen LogP contribution in [0.25, 0.3) is 0 Å². The van der Waals surface area contributed by atoms with Gasteiger partial charge in [0, 0.05) is 19.0 Å². The van der Waals surface area contributed by atoms with Crippen molar-refractivity contribution in [1.29, 1.82) is 0 Å². The molecule has 0 aromatic carbocycles. The van der Waals surface area contributed by atoms with Gasteiger partial charge in [-0.1, -0.05) is 20.8 Å². The smallest absolute Gasteiger partial charge is 0.322 e. The minimum absolute atomic E-state index is 0.0239. The average Bonchev–Trinajstić information content (AvgIpc) is 2.64. The summed E-state index contributed by atoms with van der Waals surface area (Å²) in [5, 5.41) is 3.63. The summed E-state index contributed by atoms with van der Waals surface area (Å²) in [4.78, 5) is 13.2. The molecule has 0 radical (unpaired) electrons. The van der Waals surface area contributed by atoms with Crippen LogP contribution in [0.5, 0.6) is 0 Å². The largest absolute Gasteiger partial charge is 0.328 e. The van der Waals surface area contributed by atoms with E-state index >= 15 is 0 Å². The Morgan fingerprint density at radius 3 is 2.62 bits per heavy atom. The van der Waals surface area contributed by atoms with Gasteiger partial charge in [0.25, 0.3) is 0 Å². The minimum atomic E-state index is -0.0911. The first-order valence-electron chi connectivity index (χ1n) is 5.34. The number of hydrogen-bond donors (Lipinski definition) is 1. The van der Waals surface area contributed by atoms with Crippen LogP contribution >= 0.6 is 11.5 Å². The summed E-state index contributed by atoms with van der Waals surface area (Å²) >= 11 is 1.32. The number of rotatable bonds is 2. The van der Waals surface area contributed by atoms with Crippen LogP contribution < -0.4 is 5.32 Å². The van der Waals surface area contributed by atoms with Crippen molar-refractivity contribution in [3.05, 3.63) is 11.8 Å². The Hall–Kier alpha value is -1.10. The highest BCUT2D eigenvalue weighted by molar-refractivity contribution is 7.10. The van der Waals surface area contributed by atoms with E-state index in [-0.39, 0.29) is 11.4 Å². The number of urea groups is 1. The van der Waals surface area contributed by atoms with Crippen LogP contribution in [0.15, 0.2) is 6.07 Å². The lowest BCUT2D eigenvalue weighted by Gasteiger charge is -2.15. The quantitative estimate of drug-likeness (QED) is 0.865. The fourth-order valence-corrected chi connectivity index (χ4v) is 1.85. The SMILES string of the molecule is CCN(C)C(=O)Nc1cc(C(C)(C)C)ns1. The van der Waals surface area contributed by atoms with Crippen molar-refractivity contribution in [2.75, 3.05) is 18.9 Å². The second-order valence-corrected chi connectivity index (χ2v) is 5.58. The average molecular weight is 241 g/mol. The van der Waals surface area contributed by atoms with Gasteiger partial charge in [-0.15, -0.1) is 0 Å². The molecular formula is C11H19N3OS. The van der Waals surface area contributed by atoms with Crippen LogP contribution in [0, 0.1) is 0 Å². The summed E-state index contributed by atoms with van der Waals surface area (Å²) in [5.41, 5.74) is 1.03. The molecule has 1 aromatic rings. The molecule has 0 saturated heterocycles. The van der Waals surface area contributed by atoms with E-state index in [4.69, 9.17) is 0 Å². The zero-order chi connectivity index (χ0) is 12.3. The molecule has 0 spiro atoms. The van der Waals surface area contributed by atoms with Gasteiger partial charge in [-0.25, -0.2) is 4.79 Å². The maximum absolute atomic E-state index is 11.6. The number of nitrogens with one attached hydrogen (secondary N) is 1. The summed E-state index contributed by atoms with van der Waals surface area (Å²) in [6.45, 7) is 8.94. The molecule has 0 fully saturated rings. The molecule has 1 N–H and O–H groups in total. The minimum Gasteiger partial charge on any atom is -0.328 e. The van der Waals surface area contributed by atoms with E-state index in [1.54, 1.807) is 11.9 Å². The van der Waals surface area contributed by atoms with Gasteiger partial charge in [-0.3, -0.25) is 5.32 Å². The lowest BCUT2D eigenvalue weighted by molar-refractivity contribution is 0.225. The molecule has 2 amide bonds. The van der Waals surface area contributed by atoms with Gasteiger partial charge >= 0.3 is 6.03 Å². The Kier molecular flexibility index (Phi) is 3.91. The maximum Gasteiger partial charge on any atom is 0.322 e. The summed E-state index contributed by atoms with van der Waals surface area (Å²) in [5.74, 6) is 0. The fraction of sp³-hybridized carbons (Fsp3) is 0.636. The lowest BCUT2D eigenvalue weighted by atomic mass is 9.92. The number of amides is 2. The molecule has 90 valence electrons. The fourth-order valence-electron chi connectivity index (χ4n) is 1.03. The van der Waals surface area contributed by atoms with Crippen molar-refractivity contribution < 1.29 is 4.79 Å². The van der Waals surface area contributed by atoms with Gasteiger partial charge < -0.3 is 4.90 Å². The van der Waals surface area contributed by atoms with Crippen LogP contribution in [-0.2, 0) is 5.41 Å². The van der Waals surface area contributed by atoms with Crippen molar-refractivity contribution in [1.82, 2.24) is 9.27 Å². The molecule has 1 heterocycles. The predicted octanol–water partition coefficient (Wildman–Crippen LogP) is 2.92. The van der Waals surface area contributed by atoms with Gasteiger partial charge in [-0.2, -0.15) is 4.37 Å². The van der Waals surface area contributed by atoms with Gasteiger partial charge in [0.05, 0.1) is 5.69 Å². The second kappa shape index (κ2) is 4.82. The Morgan fingerprint density at radius 1 is 1.56 bits per heavy atom. The monoisotopic (exact) mass is 241 g/mol. The summed E-state index contributed by atoms with van der Waals surface area (Å²) < 4.78 is 4.33. The van der Waals surface area contributed by atoms with Gasteiger partial charge in [0.1, 0.15) is 5.00 Å². The highest BCUT2D eigenvalue weighted by Crippen LogP contribution is 2.26. The zero-order valence-corrected chi connectivity index (χ0v) is 11.3. The topological polar surface area (TPSA) is 45.2 Å². The first-order valence-corrected chi connectivity index (χ1v) is 6.11. The van der Waals surface area contributed by atoms with Gasteiger partial charge in [-0.05, 0) is 24.5 Å². The molecule has 0 saturated carbocycles. The molecule has 16 heavy (non-hydrogen) atoms. The third-order valence-corrected chi connectivity index (χ3v) is 3.03. The summed E-state index contributed by atoms with van der Waals surface area (Å²) in [7, 11) is 1.76. The Labute approximate surface area is 101 Å². The predicted molar refractivity (Wildman–Crippen MR) is 68.1 cm³/mol. The van der Waals surface area contributed by atoms with E-state index in [1.165, 1.54) is 11.5 Å². The molecule has 1 rings (SSSR count). The van der Waals surface area contributed by atoms with Gasteiger partial charge in [0.15, 0.2) is 0 Å². The second-order valence-electron chi connectivity index (χ2n) is 4.77. The molecule has 0 atom stereocenters. The number of carbonyl (C=O) groups excluding carboxylic acids is 1. The van der Waals surface area contributed by atoms with Crippen molar-refractivity contribution in [2.45, 2.75) is 33.1 Å². The molecule has 4 nitrogen and oxygen atoms in total. The highest BCUT2D eigenvalue weighted by atomic mass is 32.1. The summed E-state index contributed by atoms with van der Waals surface area (Å²) in [6, 6.07) is 1.85. The van der Waals surface area contributed by atoms with Crippen molar-refractivity contribution in [3.63, 3.8) is 0 Å². The maximum atomic E-state index is 11.6. The molecule has 0 aliphatic heterocycles. The van der Waals surface area contributed by atoms with E-state index in [1.807, 2.05) is 13.0 Å². The van der Waals surface area contributed by atoms with Crippen molar-refractivity contribution in [3.8, 4) is 0 Å². The van der Waals surface area contributed by atoms with Crippen LogP contribution in [0.4, 0.5) is 9.80 Å².